The molecule has 0 spiro atoms. The molecule has 2 rings (SSSR count). The van der Waals surface area contributed by atoms with Crippen molar-refractivity contribution in [2.24, 2.45) is 5.41 Å². The standard InChI is InChI=1S/C13H18N2O/c1-13(2,3)11-8-15(11)12(16)9-6-4-5-7-10(9)14/h4-7,11H,8,14H2,1-3H3/t11-,15?/m1/s1. The van der Waals surface area contributed by atoms with Gasteiger partial charge in [-0.2, -0.15) is 0 Å². The van der Waals surface area contributed by atoms with Gasteiger partial charge in [-0.1, -0.05) is 32.9 Å². The minimum Gasteiger partial charge on any atom is -0.398 e. The van der Waals surface area contributed by atoms with E-state index in [2.05, 4.69) is 20.8 Å². The van der Waals surface area contributed by atoms with E-state index in [0.29, 0.717) is 17.3 Å². The average molecular weight is 218 g/mol. The molecule has 1 saturated heterocycles. The van der Waals surface area contributed by atoms with Crippen molar-refractivity contribution in [3.8, 4) is 0 Å². The zero-order valence-electron chi connectivity index (χ0n) is 10.0. The number of nitrogen functional groups attached to an aromatic ring is 1. The summed E-state index contributed by atoms with van der Waals surface area (Å²) in [6.07, 6.45) is 0. The van der Waals surface area contributed by atoms with Gasteiger partial charge in [0.1, 0.15) is 0 Å². The molecule has 1 aromatic rings. The smallest absolute Gasteiger partial charge is 0.256 e. The van der Waals surface area contributed by atoms with Crippen molar-refractivity contribution in [1.29, 1.82) is 0 Å². The van der Waals surface area contributed by atoms with Gasteiger partial charge < -0.3 is 10.6 Å². The van der Waals surface area contributed by atoms with E-state index in [-0.39, 0.29) is 11.3 Å². The first-order valence-electron chi connectivity index (χ1n) is 5.57. The van der Waals surface area contributed by atoms with E-state index in [1.165, 1.54) is 0 Å². The number of hydrogen-bond acceptors (Lipinski definition) is 2. The predicted octanol–water partition coefficient (Wildman–Crippen LogP) is 2.14. The van der Waals surface area contributed by atoms with Gasteiger partial charge >= 0.3 is 0 Å². The summed E-state index contributed by atoms with van der Waals surface area (Å²) >= 11 is 0. The summed E-state index contributed by atoms with van der Waals surface area (Å²) in [4.78, 5) is 14.0. The highest BCUT2D eigenvalue weighted by Gasteiger charge is 2.46. The lowest BCUT2D eigenvalue weighted by molar-refractivity contribution is 0.0856. The van der Waals surface area contributed by atoms with Gasteiger partial charge in [-0.05, 0) is 17.5 Å². The molecule has 0 aromatic heterocycles. The lowest BCUT2D eigenvalue weighted by Crippen LogP contribution is -2.23. The third kappa shape index (κ3) is 1.90. The average Bonchev–Trinajstić information content (AvgIpc) is 2.96. The highest BCUT2D eigenvalue weighted by molar-refractivity contribution is 6.00. The highest BCUT2D eigenvalue weighted by atomic mass is 16.2. The molecule has 1 amide bonds. The predicted molar refractivity (Wildman–Crippen MR) is 65.1 cm³/mol. The van der Waals surface area contributed by atoms with E-state index in [4.69, 9.17) is 5.73 Å². The molecule has 0 unspecified atom stereocenters. The molecule has 16 heavy (non-hydrogen) atoms. The van der Waals surface area contributed by atoms with E-state index in [1.54, 1.807) is 12.1 Å². The number of carbonyl (C=O) groups is 1. The Morgan fingerprint density at radius 1 is 1.38 bits per heavy atom. The molecule has 0 saturated carbocycles. The number of hydrogen-bond donors (Lipinski definition) is 1. The van der Waals surface area contributed by atoms with E-state index >= 15 is 0 Å². The second kappa shape index (κ2) is 3.51. The molecule has 1 atom stereocenters. The summed E-state index contributed by atoms with van der Waals surface area (Å²) in [5, 5.41) is 0. The van der Waals surface area contributed by atoms with Gasteiger partial charge in [0, 0.05) is 12.2 Å². The third-order valence-electron chi connectivity index (χ3n) is 3.06. The Bertz CT molecular complexity index is 420. The molecular formula is C13H18N2O. The summed E-state index contributed by atoms with van der Waals surface area (Å²) in [7, 11) is 0. The zero-order valence-corrected chi connectivity index (χ0v) is 10.0. The fourth-order valence-corrected chi connectivity index (χ4v) is 1.95. The molecule has 0 bridgehead atoms. The topological polar surface area (TPSA) is 46.1 Å². The first kappa shape index (κ1) is 11.0. The summed E-state index contributed by atoms with van der Waals surface area (Å²) in [6.45, 7) is 7.30. The van der Waals surface area contributed by atoms with E-state index in [1.807, 2.05) is 17.0 Å². The van der Waals surface area contributed by atoms with Crippen molar-refractivity contribution in [2.75, 3.05) is 12.3 Å². The Morgan fingerprint density at radius 2 is 2.00 bits per heavy atom. The Kier molecular flexibility index (Phi) is 2.41. The summed E-state index contributed by atoms with van der Waals surface area (Å²) in [5.41, 5.74) is 7.13. The van der Waals surface area contributed by atoms with Crippen molar-refractivity contribution in [1.82, 2.24) is 4.90 Å². The van der Waals surface area contributed by atoms with Crippen LogP contribution in [0.25, 0.3) is 0 Å². The molecule has 1 aliphatic heterocycles. The normalized spacial score (nSPS) is 19.7. The van der Waals surface area contributed by atoms with E-state index < -0.39 is 0 Å². The Hall–Kier alpha value is -1.51. The van der Waals surface area contributed by atoms with Gasteiger partial charge in [0.25, 0.3) is 5.91 Å². The van der Waals surface area contributed by atoms with Crippen LogP contribution in [0.15, 0.2) is 24.3 Å². The van der Waals surface area contributed by atoms with Crippen LogP contribution in [0.5, 0.6) is 0 Å². The van der Waals surface area contributed by atoms with Crippen molar-refractivity contribution in [3.63, 3.8) is 0 Å². The number of nitrogens with zero attached hydrogens (tertiary/aromatic N) is 1. The SMILES string of the molecule is CC(C)(C)[C@H]1CN1C(=O)c1ccccc1N. The van der Waals surface area contributed by atoms with Gasteiger partial charge in [0.2, 0.25) is 0 Å². The monoisotopic (exact) mass is 218 g/mol. The van der Waals surface area contributed by atoms with Gasteiger partial charge in [0.05, 0.1) is 11.6 Å². The van der Waals surface area contributed by atoms with Crippen LogP contribution in [-0.2, 0) is 0 Å². The number of benzene rings is 1. The molecule has 1 aliphatic rings. The number of para-hydroxylation sites is 1. The first-order chi connectivity index (χ1) is 7.41. The first-order valence-corrected chi connectivity index (χ1v) is 5.57. The van der Waals surface area contributed by atoms with Crippen LogP contribution in [0, 0.1) is 5.41 Å². The number of carbonyl (C=O) groups excluding carboxylic acids is 1. The Labute approximate surface area is 96.2 Å². The molecule has 1 heterocycles. The van der Waals surface area contributed by atoms with Crippen LogP contribution >= 0.6 is 0 Å². The number of anilines is 1. The molecule has 1 aromatic carbocycles. The van der Waals surface area contributed by atoms with Gasteiger partial charge in [-0.15, -0.1) is 0 Å². The fourth-order valence-electron chi connectivity index (χ4n) is 1.95. The van der Waals surface area contributed by atoms with Gasteiger partial charge in [-0.3, -0.25) is 4.79 Å². The maximum absolute atomic E-state index is 12.1. The molecule has 0 aliphatic carbocycles. The maximum Gasteiger partial charge on any atom is 0.256 e. The van der Waals surface area contributed by atoms with Crippen molar-refractivity contribution in [3.05, 3.63) is 29.8 Å². The van der Waals surface area contributed by atoms with E-state index in [9.17, 15) is 4.79 Å². The van der Waals surface area contributed by atoms with E-state index in [0.717, 1.165) is 6.54 Å². The minimum absolute atomic E-state index is 0.0537. The fraction of sp³-hybridized carbons (Fsp3) is 0.462. The maximum atomic E-state index is 12.1. The van der Waals surface area contributed by atoms with Gasteiger partial charge in [-0.25, -0.2) is 0 Å². The molecule has 3 nitrogen and oxygen atoms in total. The molecule has 0 radical (unpaired) electrons. The van der Waals surface area contributed by atoms with Crippen LogP contribution < -0.4 is 5.73 Å². The molecular weight excluding hydrogens is 200 g/mol. The van der Waals surface area contributed by atoms with Crippen LogP contribution in [0.2, 0.25) is 0 Å². The van der Waals surface area contributed by atoms with Crippen LogP contribution in [0.1, 0.15) is 31.1 Å². The zero-order chi connectivity index (χ0) is 11.9. The summed E-state index contributed by atoms with van der Waals surface area (Å²) in [5.74, 6) is 0.0537. The largest absolute Gasteiger partial charge is 0.398 e. The number of rotatable bonds is 1. The second-order valence-corrected chi connectivity index (χ2v) is 5.43. The van der Waals surface area contributed by atoms with Crippen molar-refractivity contribution in [2.45, 2.75) is 26.8 Å². The molecule has 1 fully saturated rings. The highest BCUT2D eigenvalue weighted by Crippen LogP contribution is 2.36. The molecule has 3 heteroatoms. The minimum atomic E-state index is 0.0537. The van der Waals surface area contributed by atoms with Crippen molar-refractivity contribution < 1.29 is 4.79 Å². The quantitative estimate of drug-likeness (QED) is 0.580. The number of nitrogens with two attached hydrogens (primary N) is 1. The van der Waals surface area contributed by atoms with Gasteiger partial charge in [0.15, 0.2) is 0 Å². The Balaban J connectivity index is 2.15. The molecule has 2 N–H and O–H groups in total. The lowest BCUT2D eigenvalue weighted by atomic mass is 9.92. The second-order valence-electron chi connectivity index (χ2n) is 5.43. The van der Waals surface area contributed by atoms with Crippen molar-refractivity contribution >= 4 is 11.6 Å². The summed E-state index contributed by atoms with van der Waals surface area (Å²) < 4.78 is 0. The molecule has 86 valence electrons. The number of amides is 1. The Morgan fingerprint density at radius 3 is 2.50 bits per heavy atom. The van der Waals surface area contributed by atoms with Crippen LogP contribution in [0.4, 0.5) is 5.69 Å². The lowest BCUT2D eigenvalue weighted by Gasteiger charge is -2.18. The van der Waals surface area contributed by atoms with Crippen LogP contribution in [-0.4, -0.2) is 23.4 Å². The third-order valence-corrected chi connectivity index (χ3v) is 3.06. The summed E-state index contributed by atoms with van der Waals surface area (Å²) in [6, 6.07) is 7.59. The van der Waals surface area contributed by atoms with Crippen LogP contribution in [0.3, 0.4) is 0 Å².